The number of aryl methyl sites for hydroxylation is 1. The van der Waals surface area contributed by atoms with E-state index < -0.39 is 17.2 Å². The van der Waals surface area contributed by atoms with Crippen LogP contribution in [-0.4, -0.2) is 15.5 Å². The lowest BCUT2D eigenvalue weighted by molar-refractivity contribution is -0.115. The molecule has 0 spiro atoms. The van der Waals surface area contributed by atoms with Gasteiger partial charge in [-0.15, -0.1) is 0 Å². The SMILES string of the molecule is Cc1nc(OCc2ccc(F)cc2F)c(Cl)c(=O)n1Cc1ccc2c(c1)CC(=O)N2. The number of halogens is 3. The zero-order chi connectivity index (χ0) is 21.4. The number of benzene rings is 2. The summed E-state index contributed by atoms with van der Waals surface area (Å²) in [6, 6.07) is 8.57. The second kappa shape index (κ2) is 7.87. The summed E-state index contributed by atoms with van der Waals surface area (Å²) in [6.07, 6.45) is 0.294. The third-order valence-electron chi connectivity index (χ3n) is 4.79. The van der Waals surface area contributed by atoms with Gasteiger partial charge in [-0.25, -0.2) is 8.78 Å². The number of fused-ring (bicyclic) bond motifs is 1. The first kappa shape index (κ1) is 20.0. The number of nitrogens with zero attached hydrogens (tertiary/aromatic N) is 2. The average molecular weight is 432 g/mol. The highest BCUT2D eigenvalue weighted by Gasteiger charge is 2.19. The molecule has 2 heterocycles. The van der Waals surface area contributed by atoms with Gasteiger partial charge in [-0.3, -0.25) is 14.2 Å². The van der Waals surface area contributed by atoms with Crippen LogP contribution in [0, 0.1) is 18.6 Å². The van der Waals surface area contributed by atoms with Crippen LogP contribution in [0.2, 0.25) is 5.02 Å². The molecule has 0 atom stereocenters. The Bertz CT molecular complexity index is 1230. The van der Waals surface area contributed by atoms with Crippen molar-refractivity contribution in [3.05, 3.63) is 85.9 Å². The van der Waals surface area contributed by atoms with Gasteiger partial charge in [0.15, 0.2) is 5.02 Å². The number of nitrogens with one attached hydrogen (secondary N) is 1. The number of hydrogen-bond acceptors (Lipinski definition) is 4. The molecule has 6 nitrogen and oxygen atoms in total. The number of carbonyl (C=O) groups is 1. The zero-order valence-electron chi connectivity index (χ0n) is 15.8. The van der Waals surface area contributed by atoms with Gasteiger partial charge in [0.25, 0.3) is 5.56 Å². The molecule has 0 unspecified atom stereocenters. The molecule has 1 aromatic heterocycles. The van der Waals surface area contributed by atoms with Crippen LogP contribution in [-0.2, 0) is 24.4 Å². The van der Waals surface area contributed by atoms with E-state index in [1.807, 2.05) is 12.1 Å². The summed E-state index contributed by atoms with van der Waals surface area (Å²) in [7, 11) is 0. The predicted molar refractivity (Wildman–Crippen MR) is 107 cm³/mol. The molecule has 0 radical (unpaired) electrons. The molecule has 1 aliphatic heterocycles. The summed E-state index contributed by atoms with van der Waals surface area (Å²) in [5.74, 6) is -1.30. The van der Waals surface area contributed by atoms with Crippen molar-refractivity contribution in [3.63, 3.8) is 0 Å². The molecule has 0 bridgehead atoms. The van der Waals surface area contributed by atoms with Crippen LogP contribution in [0.25, 0.3) is 0 Å². The fourth-order valence-corrected chi connectivity index (χ4v) is 3.44. The van der Waals surface area contributed by atoms with Crippen LogP contribution >= 0.6 is 11.6 Å². The lowest BCUT2D eigenvalue weighted by atomic mass is 10.1. The fourth-order valence-electron chi connectivity index (χ4n) is 3.24. The van der Waals surface area contributed by atoms with Crippen LogP contribution in [0.4, 0.5) is 14.5 Å². The van der Waals surface area contributed by atoms with Gasteiger partial charge in [0.2, 0.25) is 11.8 Å². The van der Waals surface area contributed by atoms with Crippen molar-refractivity contribution >= 4 is 23.2 Å². The molecule has 0 aliphatic carbocycles. The monoisotopic (exact) mass is 431 g/mol. The van der Waals surface area contributed by atoms with Crippen LogP contribution in [0.3, 0.4) is 0 Å². The largest absolute Gasteiger partial charge is 0.471 e. The van der Waals surface area contributed by atoms with E-state index in [-0.39, 0.29) is 35.5 Å². The van der Waals surface area contributed by atoms with Crippen molar-refractivity contribution in [1.82, 2.24) is 9.55 Å². The Hall–Kier alpha value is -3.26. The van der Waals surface area contributed by atoms with Crippen LogP contribution in [0.15, 0.2) is 41.2 Å². The van der Waals surface area contributed by atoms with E-state index in [4.69, 9.17) is 16.3 Å². The number of rotatable bonds is 5. The van der Waals surface area contributed by atoms with E-state index in [0.29, 0.717) is 12.2 Å². The van der Waals surface area contributed by atoms with E-state index in [1.54, 1.807) is 13.0 Å². The van der Waals surface area contributed by atoms with Gasteiger partial charge in [-0.2, -0.15) is 4.98 Å². The van der Waals surface area contributed by atoms with E-state index in [9.17, 15) is 18.4 Å². The van der Waals surface area contributed by atoms with Gasteiger partial charge in [0.05, 0.1) is 13.0 Å². The fraction of sp³-hybridized carbons (Fsp3) is 0.190. The quantitative estimate of drug-likeness (QED) is 0.670. The Kier molecular flexibility index (Phi) is 5.26. The molecule has 4 rings (SSSR count). The van der Waals surface area contributed by atoms with Crippen molar-refractivity contribution in [1.29, 1.82) is 0 Å². The number of anilines is 1. The molecule has 1 amide bonds. The van der Waals surface area contributed by atoms with Gasteiger partial charge in [-0.05, 0) is 36.2 Å². The number of ether oxygens (including phenoxy) is 1. The second-order valence-corrected chi connectivity index (χ2v) is 7.29. The first-order valence-electron chi connectivity index (χ1n) is 9.07. The van der Waals surface area contributed by atoms with Gasteiger partial charge in [-0.1, -0.05) is 23.7 Å². The summed E-state index contributed by atoms with van der Waals surface area (Å²) in [5, 5.41) is 2.52. The Labute approximate surface area is 175 Å². The van der Waals surface area contributed by atoms with Gasteiger partial charge < -0.3 is 10.1 Å². The molecule has 9 heteroatoms. The van der Waals surface area contributed by atoms with Gasteiger partial charge in [0, 0.05) is 17.3 Å². The normalized spacial score (nSPS) is 12.6. The molecule has 2 aromatic carbocycles. The molecule has 1 aliphatic rings. The maximum absolute atomic E-state index is 13.8. The second-order valence-electron chi connectivity index (χ2n) is 6.91. The van der Waals surface area contributed by atoms with E-state index >= 15 is 0 Å². The summed E-state index contributed by atoms with van der Waals surface area (Å²) in [4.78, 5) is 28.5. The maximum Gasteiger partial charge on any atom is 0.276 e. The minimum Gasteiger partial charge on any atom is -0.471 e. The maximum atomic E-state index is 13.8. The zero-order valence-corrected chi connectivity index (χ0v) is 16.6. The molecular weight excluding hydrogens is 416 g/mol. The third kappa shape index (κ3) is 3.91. The topological polar surface area (TPSA) is 73.2 Å². The van der Waals surface area contributed by atoms with Crippen LogP contribution < -0.4 is 15.6 Å². The highest BCUT2D eigenvalue weighted by molar-refractivity contribution is 6.31. The first-order valence-corrected chi connectivity index (χ1v) is 9.45. The number of carbonyl (C=O) groups excluding carboxylic acids is 1. The molecule has 154 valence electrons. The van der Waals surface area contributed by atoms with Crippen molar-refractivity contribution in [2.45, 2.75) is 26.5 Å². The Morgan fingerprint density at radius 2 is 2.00 bits per heavy atom. The van der Waals surface area contributed by atoms with Crippen LogP contribution in [0.5, 0.6) is 5.88 Å². The Morgan fingerprint density at radius 3 is 2.77 bits per heavy atom. The van der Waals surface area contributed by atoms with E-state index in [1.165, 1.54) is 10.6 Å². The van der Waals surface area contributed by atoms with Crippen molar-refractivity contribution in [2.75, 3.05) is 5.32 Å². The number of hydrogen-bond donors (Lipinski definition) is 1. The predicted octanol–water partition coefficient (Wildman–Crippen LogP) is 3.61. The average Bonchev–Trinajstić information content (AvgIpc) is 3.07. The molecule has 0 saturated heterocycles. The highest BCUT2D eigenvalue weighted by atomic mass is 35.5. The molecular formula is C21H16ClF2N3O3. The smallest absolute Gasteiger partial charge is 0.276 e. The summed E-state index contributed by atoms with van der Waals surface area (Å²) >= 11 is 6.15. The minimum absolute atomic E-state index is 0.0701. The van der Waals surface area contributed by atoms with Crippen molar-refractivity contribution in [3.8, 4) is 5.88 Å². The van der Waals surface area contributed by atoms with Gasteiger partial charge in [0.1, 0.15) is 24.1 Å². The molecule has 30 heavy (non-hydrogen) atoms. The third-order valence-corrected chi connectivity index (χ3v) is 5.11. The first-order chi connectivity index (χ1) is 14.3. The number of amides is 1. The Balaban J connectivity index is 1.56. The van der Waals surface area contributed by atoms with Crippen LogP contribution in [0.1, 0.15) is 22.5 Å². The molecule has 3 aromatic rings. The molecule has 1 N–H and O–H groups in total. The van der Waals surface area contributed by atoms with E-state index in [2.05, 4.69) is 10.3 Å². The summed E-state index contributed by atoms with van der Waals surface area (Å²) in [6.45, 7) is 1.58. The summed E-state index contributed by atoms with van der Waals surface area (Å²) in [5.41, 5.74) is 2.05. The summed E-state index contributed by atoms with van der Waals surface area (Å²) < 4.78 is 33.6. The highest BCUT2D eigenvalue weighted by Crippen LogP contribution is 2.25. The van der Waals surface area contributed by atoms with E-state index in [0.717, 1.165) is 28.9 Å². The minimum atomic E-state index is -0.763. The molecule has 0 saturated carbocycles. The lowest BCUT2D eigenvalue weighted by Crippen LogP contribution is -2.25. The standard InChI is InChI=1S/C21H16ClF2N3O3/c1-11-25-20(30-10-13-3-4-15(23)8-16(13)24)19(22)21(29)27(11)9-12-2-5-17-14(6-12)7-18(28)26-17/h2-6,8H,7,9-10H2,1H3,(H,26,28). The molecule has 0 fully saturated rings. The lowest BCUT2D eigenvalue weighted by Gasteiger charge is -2.14. The number of aromatic nitrogens is 2. The van der Waals surface area contributed by atoms with Crippen molar-refractivity contribution in [2.24, 2.45) is 0 Å². The van der Waals surface area contributed by atoms with Crippen molar-refractivity contribution < 1.29 is 18.3 Å². The Morgan fingerprint density at radius 1 is 1.20 bits per heavy atom. The van der Waals surface area contributed by atoms with Gasteiger partial charge >= 0.3 is 0 Å².